The van der Waals surface area contributed by atoms with Gasteiger partial charge in [0.05, 0.1) is 6.42 Å². The molecule has 2 fully saturated rings. The van der Waals surface area contributed by atoms with Crippen LogP contribution in [0.1, 0.15) is 31.2 Å². The molecule has 1 atom stereocenters. The van der Waals surface area contributed by atoms with E-state index in [9.17, 15) is 9.90 Å². The van der Waals surface area contributed by atoms with E-state index in [1.165, 1.54) is 18.4 Å². The van der Waals surface area contributed by atoms with Gasteiger partial charge in [0, 0.05) is 25.2 Å². The van der Waals surface area contributed by atoms with Gasteiger partial charge < -0.3 is 5.11 Å². The molecule has 1 aromatic rings. The van der Waals surface area contributed by atoms with Crippen LogP contribution in [0, 0.1) is 0 Å². The number of hydrogen-bond donors (Lipinski definition) is 1. The average molecular weight is 288 g/mol. The third kappa shape index (κ3) is 3.27. The van der Waals surface area contributed by atoms with Crippen LogP contribution in [0.15, 0.2) is 30.3 Å². The van der Waals surface area contributed by atoms with E-state index in [1.807, 2.05) is 6.07 Å². The van der Waals surface area contributed by atoms with Gasteiger partial charge >= 0.3 is 5.97 Å². The summed E-state index contributed by atoms with van der Waals surface area (Å²) in [6.07, 6.45) is 3.67. The molecule has 3 rings (SSSR count). The summed E-state index contributed by atoms with van der Waals surface area (Å²) in [4.78, 5) is 16.2. The minimum absolute atomic E-state index is 0.142. The summed E-state index contributed by atoms with van der Waals surface area (Å²) in [5.74, 6) is -0.663. The molecule has 2 aliphatic rings. The monoisotopic (exact) mass is 288 g/mol. The minimum atomic E-state index is -0.663. The van der Waals surface area contributed by atoms with E-state index in [4.69, 9.17) is 0 Å². The van der Waals surface area contributed by atoms with Crippen molar-refractivity contribution in [1.29, 1.82) is 0 Å². The largest absolute Gasteiger partial charge is 0.481 e. The number of carboxylic acid groups (broad SMARTS) is 1. The zero-order chi connectivity index (χ0) is 14.7. The highest BCUT2D eigenvalue weighted by atomic mass is 16.4. The van der Waals surface area contributed by atoms with E-state index < -0.39 is 5.97 Å². The van der Waals surface area contributed by atoms with E-state index in [2.05, 4.69) is 34.1 Å². The van der Waals surface area contributed by atoms with Gasteiger partial charge in [0.25, 0.3) is 0 Å². The van der Waals surface area contributed by atoms with Crippen LogP contribution in [-0.4, -0.2) is 52.6 Å². The molecule has 1 N–H and O–H groups in total. The third-order valence-electron chi connectivity index (χ3n) is 4.92. The molecule has 1 unspecified atom stereocenters. The predicted octanol–water partition coefficient (Wildman–Crippen LogP) is 2.20. The third-order valence-corrected chi connectivity index (χ3v) is 4.92. The zero-order valence-electron chi connectivity index (χ0n) is 12.5. The maximum Gasteiger partial charge on any atom is 0.305 e. The summed E-state index contributed by atoms with van der Waals surface area (Å²) in [6.45, 7) is 4.93. The fraction of sp³-hybridized carbons (Fsp3) is 0.588. The van der Waals surface area contributed by atoms with Gasteiger partial charge in [0.15, 0.2) is 0 Å². The second-order valence-corrected chi connectivity index (χ2v) is 6.44. The summed E-state index contributed by atoms with van der Waals surface area (Å²) in [7, 11) is 0. The van der Waals surface area contributed by atoms with Gasteiger partial charge in [-0.05, 0) is 37.9 Å². The first kappa shape index (κ1) is 14.5. The van der Waals surface area contributed by atoms with E-state index in [1.54, 1.807) is 0 Å². The average Bonchev–Trinajstić information content (AvgIpc) is 3.10. The number of rotatable bonds is 5. The van der Waals surface area contributed by atoms with Crippen LogP contribution >= 0.6 is 0 Å². The smallest absolute Gasteiger partial charge is 0.305 e. The Morgan fingerprint density at radius 3 is 2.52 bits per heavy atom. The molecule has 0 aromatic heterocycles. The van der Waals surface area contributed by atoms with Crippen molar-refractivity contribution >= 4 is 5.97 Å². The highest BCUT2D eigenvalue weighted by Gasteiger charge is 2.45. The molecule has 2 saturated heterocycles. The lowest BCUT2D eigenvalue weighted by Gasteiger charge is -2.37. The molecule has 2 heterocycles. The minimum Gasteiger partial charge on any atom is -0.481 e. The summed E-state index contributed by atoms with van der Waals surface area (Å²) in [5, 5.41) is 9.33. The number of likely N-dealkylation sites (tertiary alicyclic amines) is 2. The molecule has 0 spiro atoms. The Bertz CT molecular complexity index is 485. The second-order valence-electron chi connectivity index (χ2n) is 6.44. The van der Waals surface area contributed by atoms with Crippen molar-refractivity contribution in [2.24, 2.45) is 0 Å². The Labute approximate surface area is 126 Å². The number of nitrogens with zero attached hydrogens (tertiary/aromatic N) is 2. The maximum atomic E-state index is 11.3. The number of carbonyl (C=O) groups is 1. The van der Waals surface area contributed by atoms with Crippen molar-refractivity contribution in [3.8, 4) is 0 Å². The van der Waals surface area contributed by atoms with Crippen LogP contribution < -0.4 is 0 Å². The van der Waals surface area contributed by atoms with Crippen molar-refractivity contribution in [1.82, 2.24) is 9.80 Å². The molecule has 2 aliphatic heterocycles. The van der Waals surface area contributed by atoms with E-state index in [0.717, 1.165) is 39.1 Å². The number of benzene rings is 1. The predicted molar refractivity (Wildman–Crippen MR) is 82.1 cm³/mol. The highest BCUT2D eigenvalue weighted by molar-refractivity contribution is 5.68. The van der Waals surface area contributed by atoms with E-state index in [0.29, 0.717) is 0 Å². The van der Waals surface area contributed by atoms with Gasteiger partial charge in [-0.15, -0.1) is 0 Å². The van der Waals surface area contributed by atoms with Crippen molar-refractivity contribution in [3.63, 3.8) is 0 Å². The molecule has 0 aliphatic carbocycles. The Kier molecular flexibility index (Phi) is 4.27. The Morgan fingerprint density at radius 1 is 1.14 bits per heavy atom. The second kappa shape index (κ2) is 6.16. The first-order valence-electron chi connectivity index (χ1n) is 7.91. The summed E-state index contributed by atoms with van der Waals surface area (Å²) < 4.78 is 0. The molecule has 0 bridgehead atoms. The first-order chi connectivity index (χ1) is 10.2. The van der Waals surface area contributed by atoms with Crippen molar-refractivity contribution < 1.29 is 9.90 Å². The summed E-state index contributed by atoms with van der Waals surface area (Å²) >= 11 is 0. The fourth-order valence-corrected chi connectivity index (χ4v) is 3.90. The highest BCUT2D eigenvalue weighted by Crippen LogP contribution is 2.34. The van der Waals surface area contributed by atoms with Crippen molar-refractivity contribution in [2.45, 2.75) is 37.8 Å². The van der Waals surface area contributed by atoms with Gasteiger partial charge in [-0.3, -0.25) is 14.6 Å². The van der Waals surface area contributed by atoms with Crippen LogP contribution in [-0.2, 0) is 11.3 Å². The zero-order valence-corrected chi connectivity index (χ0v) is 12.5. The molecular formula is C17H24N2O2. The number of aliphatic carboxylic acids is 1. The Hall–Kier alpha value is -1.39. The molecule has 0 radical (unpaired) electrons. The summed E-state index contributed by atoms with van der Waals surface area (Å²) in [6, 6.07) is 10.5. The topological polar surface area (TPSA) is 43.8 Å². The van der Waals surface area contributed by atoms with Crippen LogP contribution in [0.4, 0.5) is 0 Å². The van der Waals surface area contributed by atoms with Crippen molar-refractivity contribution in [3.05, 3.63) is 35.9 Å². The van der Waals surface area contributed by atoms with Gasteiger partial charge in [0.2, 0.25) is 0 Å². The maximum absolute atomic E-state index is 11.3. The van der Waals surface area contributed by atoms with Crippen LogP contribution in [0.2, 0.25) is 0 Å². The molecule has 0 amide bonds. The molecule has 21 heavy (non-hydrogen) atoms. The lowest BCUT2D eigenvalue weighted by molar-refractivity contribution is -0.140. The molecule has 114 valence electrons. The Morgan fingerprint density at radius 2 is 1.86 bits per heavy atom. The normalized spacial score (nSPS) is 27.2. The standard InChI is InChI=1S/C17H24N2O2/c20-16(21)12-17(19-9-4-5-10-19)8-11-18(14-17)13-15-6-2-1-3-7-15/h1-3,6-7H,4-5,8-14H2,(H,20,21). The van der Waals surface area contributed by atoms with Crippen LogP contribution in [0.25, 0.3) is 0 Å². The van der Waals surface area contributed by atoms with Gasteiger partial charge in [-0.25, -0.2) is 0 Å². The summed E-state index contributed by atoms with van der Waals surface area (Å²) in [5.41, 5.74) is 1.17. The van der Waals surface area contributed by atoms with Gasteiger partial charge in [-0.2, -0.15) is 0 Å². The van der Waals surface area contributed by atoms with Gasteiger partial charge in [0.1, 0.15) is 0 Å². The molecule has 4 heteroatoms. The van der Waals surface area contributed by atoms with Crippen LogP contribution in [0.5, 0.6) is 0 Å². The molecular weight excluding hydrogens is 264 g/mol. The molecule has 1 aromatic carbocycles. The van der Waals surface area contributed by atoms with Crippen molar-refractivity contribution in [2.75, 3.05) is 26.2 Å². The molecule has 4 nitrogen and oxygen atoms in total. The fourth-order valence-electron chi connectivity index (χ4n) is 3.90. The number of carboxylic acids is 1. The lowest BCUT2D eigenvalue weighted by Crippen LogP contribution is -2.50. The Balaban J connectivity index is 1.70. The van der Waals surface area contributed by atoms with E-state index in [-0.39, 0.29) is 12.0 Å². The SMILES string of the molecule is O=C(O)CC1(N2CCCC2)CCN(Cc2ccccc2)C1. The lowest BCUT2D eigenvalue weighted by atomic mass is 9.92. The number of hydrogen-bond acceptors (Lipinski definition) is 3. The van der Waals surface area contributed by atoms with Gasteiger partial charge in [-0.1, -0.05) is 30.3 Å². The molecule has 0 saturated carbocycles. The van der Waals surface area contributed by atoms with E-state index >= 15 is 0 Å². The van der Waals surface area contributed by atoms with Crippen LogP contribution in [0.3, 0.4) is 0 Å². The first-order valence-corrected chi connectivity index (χ1v) is 7.91. The quantitative estimate of drug-likeness (QED) is 0.902.